The van der Waals surface area contributed by atoms with E-state index < -0.39 is 42.0 Å². The van der Waals surface area contributed by atoms with Crippen LogP contribution in [0.3, 0.4) is 0 Å². The Kier molecular flexibility index (Phi) is 9.89. The third-order valence-corrected chi connectivity index (χ3v) is 6.56. The van der Waals surface area contributed by atoms with Gasteiger partial charge in [-0.05, 0) is 24.0 Å². The maximum absolute atomic E-state index is 13.3. The van der Waals surface area contributed by atoms with E-state index in [-0.39, 0.29) is 24.5 Å². The molecule has 1 aliphatic rings. The summed E-state index contributed by atoms with van der Waals surface area (Å²) in [5.74, 6) is -2.47. The molecule has 0 radical (unpaired) electrons. The fourth-order valence-electron chi connectivity index (χ4n) is 4.24. The molecule has 36 heavy (non-hydrogen) atoms. The number of carboxylic acid groups (broad SMARTS) is 1. The van der Waals surface area contributed by atoms with Crippen LogP contribution >= 0.6 is 12.6 Å². The molecule has 0 saturated carbocycles. The van der Waals surface area contributed by atoms with Crippen LogP contribution in [0.4, 0.5) is 0 Å². The molecule has 0 spiro atoms. The number of thiol groups is 1. The van der Waals surface area contributed by atoms with E-state index in [1.165, 1.54) is 4.90 Å². The van der Waals surface area contributed by atoms with Gasteiger partial charge in [0.15, 0.2) is 0 Å². The summed E-state index contributed by atoms with van der Waals surface area (Å²) in [5, 5.41) is 15.1. The van der Waals surface area contributed by atoms with Gasteiger partial charge in [0.05, 0.1) is 6.04 Å². The number of hydrogen-bond donors (Lipinski definition) is 5. The molecule has 3 amide bonds. The quantitative estimate of drug-likeness (QED) is 0.282. The highest BCUT2D eigenvalue weighted by Crippen LogP contribution is 2.19. The third-order valence-electron chi connectivity index (χ3n) is 6.17. The number of nitrogens with one attached hydrogen (secondary N) is 2. The molecule has 1 fully saturated rings. The van der Waals surface area contributed by atoms with Gasteiger partial charge in [0.1, 0.15) is 18.1 Å². The van der Waals surface area contributed by atoms with Crippen molar-refractivity contribution in [3.8, 4) is 0 Å². The standard InChI is InChI=1S/C26H32N4O5S/c27-19(16-36)25(33)30-13-7-12-22(30)24(32)28-20(14-17-8-3-1-4-9-17)23(31)29-21(26(34)35)15-18-10-5-2-6-11-18/h1-6,8-11,19-22,36H,7,12-16,27H2,(H,28,32)(H,29,31)(H,34,35). The number of benzene rings is 2. The molecule has 3 rings (SSSR count). The number of rotatable bonds is 11. The van der Waals surface area contributed by atoms with E-state index >= 15 is 0 Å². The van der Waals surface area contributed by atoms with Gasteiger partial charge in [0, 0.05) is 25.1 Å². The molecule has 1 saturated heterocycles. The van der Waals surface area contributed by atoms with Crippen molar-refractivity contribution < 1.29 is 24.3 Å². The Labute approximate surface area is 215 Å². The van der Waals surface area contributed by atoms with Crippen LogP contribution in [0, 0.1) is 0 Å². The number of hydrogen-bond acceptors (Lipinski definition) is 6. The maximum Gasteiger partial charge on any atom is 0.326 e. The molecule has 1 heterocycles. The van der Waals surface area contributed by atoms with Crippen LogP contribution < -0.4 is 16.4 Å². The van der Waals surface area contributed by atoms with Crippen LogP contribution in [0.15, 0.2) is 60.7 Å². The highest BCUT2D eigenvalue weighted by Gasteiger charge is 2.37. The summed E-state index contributed by atoms with van der Waals surface area (Å²) in [6, 6.07) is 14.3. The lowest BCUT2D eigenvalue weighted by atomic mass is 10.0. The van der Waals surface area contributed by atoms with Crippen molar-refractivity contribution in [2.24, 2.45) is 5.73 Å². The van der Waals surface area contributed by atoms with Crippen molar-refractivity contribution in [3.05, 3.63) is 71.8 Å². The highest BCUT2D eigenvalue weighted by molar-refractivity contribution is 7.80. The summed E-state index contributed by atoms with van der Waals surface area (Å²) < 4.78 is 0. The summed E-state index contributed by atoms with van der Waals surface area (Å²) in [7, 11) is 0. The number of carboxylic acids is 1. The van der Waals surface area contributed by atoms with E-state index in [4.69, 9.17) is 5.73 Å². The van der Waals surface area contributed by atoms with Crippen LogP contribution in [0.25, 0.3) is 0 Å². The van der Waals surface area contributed by atoms with E-state index in [9.17, 15) is 24.3 Å². The van der Waals surface area contributed by atoms with Crippen LogP contribution in [-0.2, 0) is 32.0 Å². The first-order chi connectivity index (χ1) is 17.3. The fraction of sp³-hybridized carbons (Fsp3) is 0.385. The Balaban J connectivity index is 1.76. The first kappa shape index (κ1) is 27.2. The molecule has 0 bridgehead atoms. The highest BCUT2D eigenvalue weighted by atomic mass is 32.1. The summed E-state index contributed by atoms with van der Waals surface area (Å²) in [6.07, 6.45) is 1.34. The molecule has 9 nitrogen and oxygen atoms in total. The number of nitrogens with two attached hydrogens (primary N) is 1. The molecule has 0 aromatic heterocycles. The van der Waals surface area contributed by atoms with Crippen LogP contribution in [0.2, 0.25) is 0 Å². The Morgan fingerprint density at radius 1 is 0.944 bits per heavy atom. The Bertz CT molecular complexity index is 1050. The molecule has 4 atom stereocenters. The zero-order valence-corrected chi connectivity index (χ0v) is 20.8. The zero-order chi connectivity index (χ0) is 26.1. The van der Waals surface area contributed by atoms with Crippen molar-refractivity contribution in [1.82, 2.24) is 15.5 Å². The predicted octanol–water partition coefficient (Wildman–Crippen LogP) is 0.774. The van der Waals surface area contributed by atoms with Gasteiger partial charge in [-0.2, -0.15) is 12.6 Å². The number of likely N-dealkylation sites (tertiary alicyclic amines) is 1. The first-order valence-electron chi connectivity index (χ1n) is 11.9. The minimum atomic E-state index is -1.18. The molecule has 2 aromatic carbocycles. The normalized spacial score (nSPS) is 17.6. The smallest absolute Gasteiger partial charge is 0.326 e. The van der Waals surface area contributed by atoms with Crippen molar-refractivity contribution in [3.63, 3.8) is 0 Å². The average molecular weight is 513 g/mol. The number of carbonyl (C=O) groups is 4. The third kappa shape index (κ3) is 7.32. The molecule has 192 valence electrons. The van der Waals surface area contributed by atoms with Gasteiger partial charge >= 0.3 is 5.97 Å². The number of nitrogens with zero attached hydrogens (tertiary/aromatic N) is 1. The maximum atomic E-state index is 13.3. The summed E-state index contributed by atoms with van der Waals surface area (Å²) in [5.41, 5.74) is 7.39. The van der Waals surface area contributed by atoms with E-state index in [1.54, 1.807) is 24.3 Å². The number of aliphatic carboxylic acids is 1. The van der Waals surface area contributed by atoms with Gasteiger partial charge in [-0.1, -0.05) is 60.7 Å². The molecule has 4 unspecified atom stereocenters. The molecule has 5 N–H and O–H groups in total. The Morgan fingerprint density at radius 2 is 1.50 bits per heavy atom. The molecular weight excluding hydrogens is 480 g/mol. The van der Waals surface area contributed by atoms with Crippen LogP contribution in [0.5, 0.6) is 0 Å². The van der Waals surface area contributed by atoms with Gasteiger partial charge in [0.25, 0.3) is 0 Å². The molecule has 1 aliphatic heterocycles. The van der Waals surface area contributed by atoms with E-state index in [0.717, 1.165) is 11.1 Å². The van der Waals surface area contributed by atoms with Crippen LogP contribution in [-0.4, -0.2) is 70.2 Å². The lowest BCUT2D eigenvalue weighted by Gasteiger charge is -2.28. The Morgan fingerprint density at radius 3 is 2.03 bits per heavy atom. The minimum Gasteiger partial charge on any atom is -0.480 e. The molecule has 10 heteroatoms. The van der Waals surface area contributed by atoms with Crippen molar-refractivity contribution in [1.29, 1.82) is 0 Å². The SMILES string of the molecule is NC(CS)C(=O)N1CCCC1C(=O)NC(Cc1ccccc1)C(=O)NC(Cc1ccccc1)C(=O)O. The summed E-state index contributed by atoms with van der Waals surface area (Å²) in [4.78, 5) is 52.5. The monoisotopic (exact) mass is 512 g/mol. The fourth-order valence-corrected chi connectivity index (χ4v) is 4.40. The average Bonchev–Trinajstić information content (AvgIpc) is 3.38. The van der Waals surface area contributed by atoms with Gasteiger partial charge in [-0.15, -0.1) is 0 Å². The van der Waals surface area contributed by atoms with E-state index in [0.29, 0.717) is 19.4 Å². The molecule has 2 aromatic rings. The second-order valence-electron chi connectivity index (χ2n) is 8.82. The van der Waals surface area contributed by atoms with E-state index in [1.807, 2.05) is 36.4 Å². The van der Waals surface area contributed by atoms with Gasteiger partial charge in [0.2, 0.25) is 17.7 Å². The second kappa shape index (κ2) is 13.1. The van der Waals surface area contributed by atoms with Crippen molar-refractivity contribution >= 4 is 36.3 Å². The van der Waals surface area contributed by atoms with Gasteiger partial charge < -0.3 is 26.4 Å². The van der Waals surface area contributed by atoms with Gasteiger partial charge in [-0.3, -0.25) is 14.4 Å². The lowest BCUT2D eigenvalue weighted by Crippen LogP contribution is -2.57. The van der Waals surface area contributed by atoms with Crippen molar-refractivity contribution in [2.45, 2.75) is 49.9 Å². The van der Waals surface area contributed by atoms with Gasteiger partial charge in [-0.25, -0.2) is 4.79 Å². The Hall–Kier alpha value is -3.37. The first-order valence-corrected chi connectivity index (χ1v) is 12.5. The topological polar surface area (TPSA) is 142 Å². The summed E-state index contributed by atoms with van der Waals surface area (Å²) in [6.45, 7) is 0.395. The van der Waals surface area contributed by atoms with Crippen LogP contribution in [0.1, 0.15) is 24.0 Å². The minimum absolute atomic E-state index is 0.0977. The number of carbonyl (C=O) groups excluding carboxylic acids is 3. The zero-order valence-electron chi connectivity index (χ0n) is 19.9. The summed E-state index contributed by atoms with van der Waals surface area (Å²) >= 11 is 4.08. The molecular formula is C26H32N4O5S. The largest absolute Gasteiger partial charge is 0.480 e. The lowest BCUT2D eigenvalue weighted by molar-refractivity contribution is -0.143. The number of amides is 3. The van der Waals surface area contributed by atoms with Crippen molar-refractivity contribution in [2.75, 3.05) is 12.3 Å². The predicted molar refractivity (Wildman–Crippen MR) is 138 cm³/mol. The second-order valence-corrected chi connectivity index (χ2v) is 9.18. The molecule has 0 aliphatic carbocycles. The van der Waals surface area contributed by atoms with E-state index in [2.05, 4.69) is 23.3 Å².